The zero-order valence-electron chi connectivity index (χ0n) is 13.7. The molecule has 0 aliphatic carbocycles. The number of hydrogen-bond donors (Lipinski definition) is 2. The molecule has 8 heteroatoms. The summed E-state index contributed by atoms with van der Waals surface area (Å²) in [4.78, 5) is 1.95. The van der Waals surface area contributed by atoms with E-state index in [1.807, 2.05) is 4.90 Å². The van der Waals surface area contributed by atoms with Crippen molar-refractivity contribution < 1.29 is 23.7 Å². The lowest BCUT2D eigenvalue weighted by atomic mass is 10.0. The Morgan fingerprint density at radius 3 is 2.72 bits per heavy atom. The molecule has 1 aromatic heterocycles. The number of phenols is 1. The van der Waals surface area contributed by atoms with Crippen LogP contribution in [0.15, 0.2) is 24.3 Å². The van der Waals surface area contributed by atoms with E-state index in [0.29, 0.717) is 42.3 Å². The Kier molecular flexibility index (Phi) is 5.10. The van der Waals surface area contributed by atoms with Crippen LogP contribution >= 0.6 is 0 Å². The number of aliphatic hydroxyl groups excluding tert-OH is 1. The van der Waals surface area contributed by atoms with Gasteiger partial charge in [-0.15, -0.1) is 10.2 Å². The first kappa shape index (κ1) is 17.5. The maximum atomic E-state index is 12.8. The van der Waals surface area contributed by atoms with E-state index in [1.165, 1.54) is 6.07 Å². The maximum absolute atomic E-state index is 12.8. The van der Waals surface area contributed by atoms with Gasteiger partial charge in [-0.25, -0.2) is 8.78 Å². The molecule has 2 aromatic rings. The molecule has 1 aliphatic heterocycles. The van der Waals surface area contributed by atoms with Gasteiger partial charge in [0.25, 0.3) is 6.43 Å². The molecule has 0 radical (unpaired) electrons. The fraction of sp³-hybridized carbons (Fsp3) is 0.412. The van der Waals surface area contributed by atoms with Gasteiger partial charge in [0.1, 0.15) is 5.75 Å². The number of rotatable bonds is 4. The number of alkyl halides is 2. The Bertz CT molecular complexity index is 717. The Hall–Kier alpha value is -2.32. The normalized spacial score (nSPS) is 18.0. The first-order chi connectivity index (χ1) is 12.0. The summed E-state index contributed by atoms with van der Waals surface area (Å²) < 4.78 is 31.0. The molecule has 2 heterocycles. The Morgan fingerprint density at radius 2 is 2.12 bits per heavy atom. The number of anilines is 1. The predicted octanol–water partition coefficient (Wildman–Crippen LogP) is 2.29. The molecule has 0 spiro atoms. The minimum absolute atomic E-state index is 0.0639. The third-order valence-electron chi connectivity index (χ3n) is 4.16. The predicted molar refractivity (Wildman–Crippen MR) is 87.9 cm³/mol. The number of aryl methyl sites for hydroxylation is 1. The third kappa shape index (κ3) is 3.69. The Morgan fingerprint density at radius 1 is 1.32 bits per heavy atom. The van der Waals surface area contributed by atoms with Crippen molar-refractivity contribution in [2.45, 2.75) is 19.5 Å². The molecule has 6 nitrogen and oxygen atoms in total. The fourth-order valence-electron chi connectivity index (χ4n) is 2.92. The van der Waals surface area contributed by atoms with Crippen molar-refractivity contribution in [2.75, 3.05) is 31.2 Å². The van der Waals surface area contributed by atoms with E-state index >= 15 is 0 Å². The number of nitrogens with zero attached hydrogens (tertiary/aromatic N) is 3. The number of benzene rings is 1. The van der Waals surface area contributed by atoms with Crippen LogP contribution in [0, 0.1) is 6.92 Å². The highest BCUT2D eigenvalue weighted by atomic mass is 19.3. The second-order valence-corrected chi connectivity index (χ2v) is 5.93. The van der Waals surface area contributed by atoms with Gasteiger partial charge in [0.15, 0.2) is 5.82 Å². The van der Waals surface area contributed by atoms with Gasteiger partial charge in [-0.2, -0.15) is 0 Å². The topological polar surface area (TPSA) is 78.7 Å². The lowest BCUT2D eigenvalue weighted by Crippen LogP contribution is -2.44. The molecule has 0 amide bonds. The summed E-state index contributed by atoms with van der Waals surface area (Å²) in [6, 6.07) is 5.83. The lowest BCUT2D eigenvalue weighted by molar-refractivity contribution is 0.00332. The fourth-order valence-corrected chi connectivity index (χ4v) is 2.92. The number of aromatic nitrogens is 2. The Balaban J connectivity index is 1.85. The minimum atomic E-state index is -2.65. The smallest absolute Gasteiger partial charge is 0.263 e. The van der Waals surface area contributed by atoms with E-state index in [0.717, 1.165) is 6.07 Å². The van der Waals surface area contributed by atoms with Crippen molar-refractivity contribution in [3.63, 3.8) is 0 Å². The van der Waals surface area contributed by atoms with Crippen molar-refractivity contribution in [3.05, 3.63) is 35.4 Å². The zero-order valence-corrected chi connectivity index (χ0v) is 13.7. The average Bonchev–Trinajstić information content (AvgIpc) is 2.61. The number of hydrogen-bond acceptors (Lipinski definition) is 6. The molecule has 1 aromatic carbocycles. The van der Waals surface area contributed by atoms with Crippen molar-refractivity contribution in [1.82, 2.24) is 10.2 Å². The summed E-state index contributed by atoms with van der Waals surface area (Å²) in [5, 5.41) is 27.6. The van der Waals surface area contributed by atoms with Crippen LogP contribution in [-0.4, -0.2) is 52.8 Å². The molecule has 0 unspecified atom stereocenters. The average molecular weight is 351 g/mol. The molecule has 25 heavy (non-hydrogen) atoms. The van der Waals surface area contributed by atoms with Crippen LogP contribution in [0.25, 0.3) is 11.3 Å². The summed E-state index contributed by atoms with van der Waals surface area (Å²) in [5.41, 5.74) is 1.07. The van der Waals surface area contributed by atoms with Crippen LogP contribution < -0.4 is 4.90 Å². The molecule has 1 saturated heterocycles. The molecule has 1 fully saturated rings. The second kappa shape index (κ2) is 7.28. The van der Waals surface area contributed by atoms with Crippen molar-refractivity contribution in [2.24, 2.45) is 0 Å². The maximum Gasteiger partial charge on any atom is 0.263 e. The van der Waals surface area contributed by atoms with Crippen LogP contribution in [0.2, 0.25) is 0 Å². The summed E-state index contributed by atoms with van der Waals surface area (Å²) in [7, 11) is 0. The Labute approximate surface area is 143 Å². The first-order valence-electron chi connectivity index (χ1n) is 7.92. The molecule has 0 bridgehead atoms. The van der Waals surface area contributed by atoms with Gasteiger partial charge in [0.05, 0.1) is 25.0 Å². The van der Waals surface area contributed by atoms with Crippen molar-refractivity contribution in [3.8, 4) is 17.0 Å². The molecule has 2 N–H and O–H groups in total. The van der Waals surface area contributed by atoms with Gasteiger partial charge in [-0.3, -0.25) is 0 Å². The monoisotopic (exact) mass is 351 g/mol. The number of halogens is 2. The van der Waals surface area contributed by atoms with E-state index in [2.05, 4.69) is 10.2 Å². The SMILES string of the molecule is Cc1cc(C(F)F)cc(O)c1-c1ccc(N2CCO[C@H](CO)C2)nn1. The van der Waals surface area contributed by atoms with Crippen LogP contribution in [0.1, 0.15) is 17.6 Å². The van der Waals surface area contributed by atoms with Crippen LogP contribution in [0.5, 0.6) is 5.75 Å². The van der Waals surface area contributed by atoms with Crippen molar-refractivity contribution >= 4 is 5.82 Å². The van der Waals surface area contributed by atoms with Gasteiger partial charge < -0.3 is 19.8 Å². The largest absolute Gasteiger partial charge is 0.507 e. The molecule has 1 atom stereocenters. The summed E-state index contributed by atoms with van der Waals surface area (Å²) in [6.07, 6.45) is -2.91. The molecule has 134 valence electrons. The van der Waals surface area contributed by atoms with E-state index in [-0.39, 0.29) is 24.0 Å². The van der Waals surface area contributed by atoms with E-state index in [1.54, 1.807) is 19.1 Å². The van der Waals surface area contributed by atoms with Gasteiger partial charge >= 0.3 is 0 Å². The van der Waals surface area contributed by atoms with E-state index in [4.69, 9.17) is 4.74 Å². The van der Waals surface area contributed by atoms with Crippen LogP contribution in [-0.2, 0) is 4.74 Å². The number of phenolic OH excluding ortho intramolecular Hbond substituents is 1. The summed E-state index contributed by atoms with van der Waals surface area (Å²) >= 11 is 0. The van der Waals surface area contributed by atoms with E-state index < -0.39 is 6.43 Å². The second-order valence-electron chi connectivity index (χ2n) is 5.93. The lowest BCUT2D eigenvalue weighted by Gasteiger charge is -2.32. The van der Waals surface area contributed by atoms with Crippen LogP contribution in [0.4, 0.5) is 14.6 Å². The van der Waals surface area contributed by atoms with Gasteiger partial charge in [-0.05, 0) is 36.8 Å². The number of aromatic hydroxyl groups is 1. The molecule has 3 rings (SSSR count). The van der Waals surface area contributed by atoms with Gasteiger partial charge in [-0.1, -0.05) is 0 Å². The van der Waals surface area contributed by atoms with Crippen LogP contribution in [0.3, 0.4) is 0 Å². The van der Waals surface area contributed by atoms with Crippen molar-refractivity contribution in [1.29, 1.82) is 0 Å². The molecule has 0 saturated carbocycles. The highest BCUT2D eigenvalue weighted by molar-refractivity contribution is 5.71. The summed E-state index contributed by atoms with van der Waals surface area (Å²) in [5.74, 6) is 0.385. The molecular weight excluding hydrogens is 332 g/mol. The third-order valence-corrected chi connectivity index (χ3v) is 4.16. The minimum Gasteiger partial charge on any atom is -0.507 e. The number of ether oxygens (including phenoxy) is 1. The highest BCUT2D eigenvalue weighted by Gasteiger charge is 2.22. The highest BCUT2D eigenvalue weighted by Crippen LogP contribution is 2.35. The number of aliphatic hydroxyl groups is 1. The van der Waals surface area contributed by atoms with Gasteiger partial charge in [0, 0.05) is 24.2 Å². The zero-order chi connectivity index (χ0) is 18.0. The summed E-state index contributed by atoms with van der Waals surface area (Å²) in [6.45, 7) is 3.22. The standard InChI is InChI=1S/C17H19F2N3O3/c1-10-6-11(17(18)19)7-14(24)16(10)13-2-3-15(21-20-13)22-4-5-25-12(8-22)9-23/h2-3,6-7,12,17,23-24H,4-5,8-9H2,1H3/t12-/m0/s1. The van der Waals surface area contributed by atoms with Gasteiger partial charge in [0.2, 0.25) is 0 Å². The quantitative estimate of drug-likeness (QED) is 0.880. The first-order valence-corrected chi connectivity index (χ1v) is 7.92. The van der Waals surface area contributed by atoms with E-state index in [9.17, 15) is 19.0 Å². The molecule has 1 aliphatic rings. The molecular formula is C17H19F2N3O3. The number of morpholine rings is 1.